The lowest BCUT2D eigenvalue weighted by molar-refractivity contribution is -0.126. The largest absolute Gasteiger partial charge is 0.355 e. The highest BCUT2D eigenvalue weighted by atomic mass is 79.9. The Morgan fingerprint density at radius 1 is 1.33 bits per heavy atom. The number of carbonyl (C=O) groups excluding carboxylic acids is 1. The molecule has 1 aliphatic heterocycles. The summed E-state index contributed by atoms with van der Waals surface area (Å²) in [7, 11) is 0. The summed E-state index contributed by atoms with van der Waals surface area (Å²) in [5.41, 5.74) is 1.31. The van der Waals surface area contributed by atoms with Gasteiger partial charge in [0.2, 0.25) is 5.91 Å². The number of piperidine rings is 1. The lowest BCUT2D eigenvalue weighted by Gasteiger charge is -2.32. The molecule has 1 N–H and O–H groups in total. The molecule has 5 heteroatoms. The van der Waals surface area contributed by atoms with E-state index in [1.807, 2.05) is 11.8 Å². The van der Waals surface area contributed by atoms with Crippen molar-refractivity contribution in [3.8, 4) is 0 Å². The van der Waals surface area contributed by atoms with Crippen molar-refractivity contribution >= 4 is 33.6 Å². The molecule has 0 saturated carbocycles. The summed E-state index contributed by atoms with van der Waals surface area (Å²) >= 11 is 5.37. The van der Waals surface area contributed by atoms with E-state index in [1.54, 1.807) is 0 Å². The molecule has 1 fully saturated rings. The zero-order valence-corrected chi connectivity index (χ0v) is 17.4. The summed E-state index contributed by atoms with van der Waals surface area (Å²) in [6.45, 7) is 10.3. The Labute approximate surface area is 159 Å². The molecule has 2 rings (SSSR count). The van der Waals surface area contributed by atoms with E-state index in [2.05, 4.69) is 71.2 Å². The van der Waals surface area contributed by atoms with Gasteiger partial charge in [-0.2, -0.15) is 11.8 Å². The molecule has 0 aliphatic carbocycles. The molecule has 3 nitrogen and oxygen atoms in total. The molecule has 1 unspecified atom stereocenters. The van der Waals surface area contributed by atoms with Crippen molar-refractivity contribution < 1.29 is 4.79 Å². The van der Waals surface area contributed by atoms with Crippen LogP contribution in [0.1, 0.15) is 39.2 Å². The van der Waals surface area contributed by atoms with Crippen LogP contribution in [0.15, 0.2) is 28.7 Å². The molecule has 1 aliphatic rings. The maximum Gasteiger partial charge on any atom is 0.224 e. The summed E-state index contributed by atoms with van der Waals surface area (Å²) in [6, 6.07) is 8.46. The van der Waals surface area contributed by atoms with E-state index in [0.29, 0.717) is 0 Å². The van der Waals surface area contributed by atoms with Crippen LogP contribution < -0.4 is 5.32 Å². The molecule has 0 bridgehead atoms. The van der Waals surface area contributed by atoms with E-state index in [1.165, 1.54) is 5.56 Å². The number of benzene rings is 1. The fourth-order valence-corrected chi connectivity index (χ4v) is 4.02. The van der Waals surface area contributed by atoms with Gasteiger partial charge in [0.15, 0.2) is 0 Å². The predicted molar refractivity (Wildman–Crippen MR) is 107 cm³/mol. The van der Waals surface area contributed by atoms with Crippen LogP contribution >= 0.6 is 27.7 Å². The smallest absolute Gasteiger partial charge is 0.224 e. The average Bonchev–Trinajstić information content (AvgIpc) is 2.53. The van der Waals surface area contributed by atoms with E-state index in [4.69, 9.17) is 0 Å². The van der Waals surface area contributed by atoms with Crippen molar-refractivity contribution in [2.45, 2.75) is 44.9 Å². The van der Waals surface area contributed by atoms with Gasteiger partial charge in [0.05, 0.1) is 5.92 Å². The van der Waals surface area contributed by atoms with Gasteiger partial charge < -0.3 is 5.32 Å². The first-order chi connectivity index (χ1) is 11.3. The zero-order chi connectivity index (χ0) is 17.6. The number of rotatable bonds is 6. The minimum Gasteiger partial charge on any atom is -0.355 e. The number of carbonyl (C=O) groups is 1. The Balaban J connectivity index is 1.75. The molecule has 1 saturated heterocycles. The Hall–Kier alpha value is -0.520. The standard InChI is InChI=1S/C19H29BrN2OS/c1-19(2,3)24-12-10-21-18(23)16-5-4-11-22(14-16)13-15-6-8-17(20)9-7-15/h6-9,16H,4-5,10-14H2,1-3H3,(H,21,23). The molecule has 1 aromatic carbocycles. The van der Waals surface area contributed by atoms with E-state index in [9.17, 15) is 4.79 Å². The van der Waals surface area contributed by atoms with Gasteiger partial charge in [-0.3, -0.25) is 9.69 Å². The summed E-state index contributed by atoms with van der Waals surface area (Å²) in [5.74, 6) is 1.34. The number of thioether (sulfide) groups is 1. The Bertz CT molecular complexity index is 527. The minimum atomic E-state index is 0.133. The normalized spacial score (nSPS) is 19.2. The number of nitrogens with one attached hydrogen (secondary N) is 1. The molecule has 1 atom stereocenters. The lowest BCUT2D eigenvalue weighted by Crippen LogP contribution is -2.43. The molecular weight excluding hydrogens is 384 g/mol. The van der Waals surface area contributed by atoms with Gasteiger partial charge in [-0.25, -0.2) is 0 Å². The van der Waals surface area contributed by atoms with Crippen LogP contribution in [-0.4, -0.2) is 40.9 Å². The third-order valence-corrected chi connectivity index (χ3v) is 5.94. The van der Waals surface area contributed by atoms with Gasteiger partial charge in [-0.1, -0.05) is 48.8 Å². The van der Waals surface area contributed by atoms with Gasteiger partial charge in [0.1, 0.15) is 0 Å². The first-order valence-corrected chi connectivity index (χ1v) is 10.5. The highest BCUT2D eigenvalue weighted by Gasteiger charge is 2.25. The van der Waals surface area contributed by atoms with Crippen molar-refractivity contribution in [2.24, 2.45) is 5.92 Å². The molecule has 24 heavy (non-hydrogen) atoms. The number of amides is 1. The van der Waals surface area contributed by atoms with Gasteiger partial charge >= 0.3 is 0 Å². The number of halogens is 1. The third-order valence-electron chi connectivity index (χ3n) is 4.13. The van der Waals surface area contributed by atoms with Crippen LogP contribution in [0.2, 0.25) is 0 Å². The Kier molecular flexibility index (Phi) is 7.63. The van der Waals surface area contributed by atoms with Gasteiger partial charge in [-0.05, 0) is 37.1 Å². The Morgan fingerprint density at radius 3 is 2.71 bits per heavy atom. The summed E-state index contributed by atoms with van der Waals surface area (Å²) in [5, 5.41) is 3.12. The summed E-state index contributed by atoms with van der Waals surface area (Å²) in [4.78, 5) is 14.8. The SMILES string of the molecule is CC(C)(C)SCCNC(=O)C1CCCN(Cc2ccc(Br)cc2)C1. The second kappa shape index (κ2) is 9.25. The number of likely N-dealkylation sites (tertiary alicyclic amines) is 1. The highest BCUT2D eigenvalue weighted by Crippen LogP contribution is 2.22. The molecule has 0 aromatic heterocycles. The predicted octanol–water partition coefficient (Wildman–Crippen LogP) is 4.31. The van der Waals surface area contributed by atoms with Crippen LogP contribution in [0.5, 0.6) is 0 Å². The zero-order valence-electron chi connectivity index (χ0n) is 15.0. The minimum absolute atomic E-state index is 0.133. The summed E-state index contributed by atoms with van der Waals surface area (Å²) in [6.07, 6.45) is 2.11. The van der Waals surface area contributed by atoms with E-state index in [-0.39, 0.29) is 16.6 Å². The van der Waals surface area contributed by atoms with Gasteiger partial charge in [-0.15, -0.1) is 0 Å². The second-order valence-electron chi connectivity index (χ2n) is 7.45. The molecule has 1 heterocycles. The van der Waals surface area contributed by atoms with Crippen molar-refractivity contribution in [1.29, 1.82) is 0 Å². The van der Waals surface area contributed by atoms with Crippen molar-refractivity contribution in [1.82, 2.24) is 10.2 Å². The maximum atomic E-state index is 12.4. The lowest BCUT2D eigenvalue weighted by atomic mass is 9.96. The summed E-state index contributed by atoms with van der Waals surface area (Å²) < 4.78 is 1.37. The molecule has 1 aromatic rings. The van der Waals surface area contributed by atoms with Gasteiger partial charge in [0, 0.05) is 34.6 Å². The van der Waals surface area contributed by atoms with Gasteiger partial charge in [0.25, 0.3) is 0 Å². The molecule has 134 valence electrons. The molecule has 0 spiro atoms. The Morgan fingerprint density at radius 2 is 2.04 bits per heavy atom. The molecular formula is C19H29BrN2OS. The van der Waals surface area contributed by atoms with E-state index in [0.717, 1.165) is 49.2 Å². The monoisotopic (exact) mass is 412 g/mol. The van der Waals surface area contributed by atoms with Crippen molar-refractivity contribution in [2.75, 3.05) is 25.4 Å². The number of hydrogen-bond acceptors (Lipinski definition) is 3. The van der Waals surface area contributed by atoms with E-state index >= 15 is 0 Å². The third kappa shape index (κ3) is 7.16. The molecule has 1 amide bonds. The van der Waals surface area contributed by atoms with Crippen LogP contribution in [-0.2, 0) is 11.3 Å². The average molecular weight is 413 g/mol. The maximum absolute atomic E-state index is 12.4. The van der Waals surface area contributed by atoms with Crippen LogP contribution in [0.25, 0.3) is 0 Å². The fourth-order valence-electron chi connectivity index (χ4n) is 2.94. The second-order valence-corrected chi connectivity index (χ2v) is 10.3. The van der Waals surface area contributed by atoms with Crippen LogP contribution in [0.4, 0.5) is 0 Å². The molecule has 0 radical (unpaired) electrons. The highest BCUT2D eigenvalue weighted by molar-refractivity contribution is 9.10. The van der Waals surface area contributed by atoms with Crippen molar-refractivity contribution in [3.63, 3.8) is 0 Å². The number of nitrogens with zero attached hydrogens (tertiary/aromatic N) is 1. The van der Waals surface area contributed by atoms with Crippen LogP contribution in [0, 0.1) is 5.92 Å². The quantitative estimate of drug-likeness (QED) is 0.706. The number of hydrogen-bond donors (Lipinski definition) is 1. The van der Waals surface area contributed by atoms with Crippen molar-refractivity contribution in [3.05, 3.63) is 34.3 Å². The fraction of sp³-hybridized carbons (Fsp3) is 0.632. The van der Waals surface area contributed by atoms with E-state index < -0.39 is 0 Å². The van der Waals surface area contributed by atoms with Crippen LogP contribution in [0.3, 0.4) is 0 Å². The topological polar surface area (TPSA) is 32.3 Å². The first-order valence-electron chi connectivity index (χ1n) is 8.72. The first kappa shape index (κ1) is 19.8.